The zero-order valence-electron chi connectivity index (χ0n) is 12.2. The van der Waals surface area contributed by atoms with Gasteiger partial charge in [-0.2, -0.15) is 0 Å². The van der Waals surface area contributed by atoms with Crippen molar-refractivity contribution in [2.24, 2.45) is 5.92 Å². The third-order valence-corrected chi connectivity index (χ3v) is 4.58. The summed E-state index contributed by atoms with van der Waals surface area (Å²) >= 11 is 0. The molecule has 0 spiro atoms. The minimum absolute atomic E-state index is 0.179. The molecule has 19 heavy (non-hydrogen) atoms. The minimum atomic E-state index is -0.929. The summed E-state index contributed by atoms with van der Waals surface area (Å²) in [6, 6.07) is 7.95. The van der Waals surface area contributed by atoms with Crippen molar-refractivity contribution in [1.29, 1.82) is 0 Å². The van der Waals surface area contributed by atoms with Crippen molar-refractivity contribution in [3.8, 4) is 0 Å². The summed E-state index contributed by atoms with van der Waals surface area (Å²) in [6.45, 7) is 6.81. The van der Waals surface area contributed by atoms with Crippen molar-refractivity contribution in [3.05, 3.63) is 29.8 Å². The Balaban J connectivity index is 2.53. The molecule has 1 aromatic rings. The van der Waals surface area contributed by atoms with Gasteiger partial charge in [0, 0.05) is 34.5 Å². The Morgan fingerprint density at radius 3 is 2.32 bits per heavy atom. The Hall–Kier alpha value is -0.710. The van der Waals surface area contributed by atoms with Crippen molar-refractivity contribution in [2.45, 2.75) is 44.2 Å². The first kappa shape index (κ1) is 16.3. The van der Waals surface area contributed by atoms with Gasteiger partial charge in [0.25, 0.3) is 0 Å². The molecule has 0 bridgehead atoms. The highest BCUT2D eigenvalue weighted by atomic mass is 32.2. The van der Waals surface area contributed by atoms with Gasteiger partial charge in [0.2, 0.25) is 0 Å². The SMILES string of the molecule is CCC(C)C(O)CNC(C)c1ccc(S(C)=O)cc1. The van der Waals surface area contributed by atoms with E-state index < -0.39 is 10.8 Å². The number of rotatable bonds is 7. The van der Waals surface area contributed by atoms with Crippen LogP contribution < -0.4 is 5.32 Å². The molecule has 4 atom stereocenters. The van der Waals surface area contributed by atoms with Crippen LogP contribution >= 0.6 is 0 Å². The third kappa shape index (κ3) is 5.05. The first-order valence-corrected chi connectivity index (χ1v) is 8.36. The second kappa shape index (κ2) is 7.78. The van der Waals surface area contributed by atoms with Crippen LogP contribution in [-0.2, 0) is 10.8 Å². The highest BCUT2D eigenvalue weighted by Gasteiger charge is 2.13. The van der Waals surface area contributed by atoms with Gasteiger partial charge in [-0.15, -0.1) is 0 Å². The molecule has 1 aromatic carbocycles. The molecule has 4 unspecified atom stereocenters. The molecule has 0 saturated heterocycles. The Kier molecular flexibility index (Phi) is 6.69. The molecule has 1 rings (SSSR count). The maximum Gasteiger partial charge on any atom is 0.0690 e. The van der Waals surface area contributed by atoms with E-state index >= 15 is 0 Å². The van der Waals surface area contributed by atoms with Crippen LogP contribution in [0.1, 0.15) is 38.8 Å². The zero-order chi connectivity index (χ0) is 14.4. The van der Waals surface area contributed by atoms with Crippen LogP contribution in [0.15, 0.2) is 29.2 Å². The van der Waals surface area contributed by atoms with E-state index in [1.54, 1.807) is 6.26 Å². The Morgan fingerprint density at radius 2 is 1.84 bits per heavy atom. The molecular formula is C15H25NO2S. The zero-order valence-corrected chi connectivity index (χ0v) is 13.0. The number of hydrogen-bond donors (Lipinski definition) is 2. The van der Waals surface area contributed by atoms with Crippen LogP contribution in [-0.4, -0.2) is 28.2 Å². The third-order valence-electron chi connectivity index (χ3n) is 3.65. The fourth-order valence-corrected chi connectivity index (χ4v) is 2.36. The van der Waals surface area contributed by atoms with E-state index in [0.717, 1.165) is 16.9 Å². The molecule has 0 fully saturated rings. The summed E-state index contributed by atoms with van der Waals surface area (Å²) in [4.78, 5) is 0.843. The Labute approximate surface area is 118 Å². The minimum Gasteiger partial charge on any atom is -0.392 e. The number of hydrogen-bond acceptors (Lipinski definition) is 3. The van der Waals surface area contributed by atoms with Crippen molar-refractivity contribution in [3.63, 3.8) is 0 Å². The first-order chi connectivity index (χ1) is 8.95. The van der Waals surface area contributed by atoms with Gasteiger partial charge in [-0.05, 0) is 30.5 Å². The summed E-state index contributed by atoms with van der Waals surface area (Å²) in [7, 11) is -0.929. The quantitative estimate of drug-likeness (QED) is 0.808. The van der Waals surface area contributed by atoms with Gasteiger partial charge in [-0.1, -0.05) is 32.4 Å². The summed E-state index contributed by atoms with van der Waals surface area (Å²) in [5, 5.41) is 13.3. The molecule has 0 aromatic heterocycles. The normalized spacial score (nSPS) is 17.7. The average Bonchev–Trinajstić information content (AvgIpc) is 2.43. The largest absolute Gasteiger partial charge is 0.392 e. The lowest BCUT2D eigenvalue weighted by Crippen LogP contribution is -2.33. The highest BCUT2D eigenvalue weighted by molar-refractivity contribution is 7.84. The molecule has 0 aliphatic heterocycles. The number of benzene rings is 1. The van der Waals surface area contributed by atoms with Gasteiger partial charge in [-0.3, -0.25) is 4.21 Å². The van der Waals surface area contributed by atoms with E-state index in [-0.39, 0.29) is 12.1 Å². The standard InChI is InChI=1S/C15H25NO2S/c1-5-11(2)15(17)10-16-12(3)13-6-8-14(9-7-13)19(4)18/h6-9,11-12,15-17H,5,10H2,1-4H3. The highest BCUT2D eigenvalue weighted by Crippen LogP contribution is 2.15. The fourth-order valence-electron chi connectivity index (χ4n) is 1.84. The molecule has 108 valence electrons. The summed E-state index contributed by atoms with van der Waals surface area (Å²) in [6.07, 6.45) is 2.35. The predicted octanol–water partition coefficient (Wildman–Crippen LogP) is 2.48. The van der Waals surface area contributed by atoms with E-state index in [0.29, 0.717) is 12.5 Å². The monoisotopic (exact) mass is 283 g/mol. The van der Waals surface area contributed by atoms with Crippen LogP contribution in [0.4, 0.5) is 0 Å². The van der Waals surface area contributed by atoms with Gasteiger partial charge in [0.15, 0.2) is 0 Å². The van der Waals surface area contributed by atoms with Crippen LogP contribution in [0.25, 0.3) is 0 Å². The van der Waals surface area contributed by atoms with Gasteiger partial charge >= 0.3 is 0 Å². The number of aliphatic hydroxyl groups is 1. The summed E-state index contributed by atoms with van der Waals surface area (Å²) in [5.74, 6) is 0.310. The van der Waals surface area contributed by atoms with Crippen molar-refractivity contribution < 1.29 is 9.32 Å². The van der Waals surface area contributed by atoms with Gasteiger partial charge < -0.3 is 10.4 Å². The van der Waals surface area contributed by atoms with E-state index in [1.165, 1.54) is 0 Å². The maximum atomic E-state index is 11.3. The van der Waals surface area contributed by atoms with Crippen LogP contribution in [0.3, 0.4) is 0 Å². The molecule has 0 radical (unpaired) electrons. The van der Waals surface area contributed by atoms with Crippen molar-refractivity contribution in [2.75, 3.05) is 12.8 Å². The summed E-state index contributed by atoms with van der Waals surface area (Å²) < 4.78 is 11.3. The smallest absolute Gasteiger partial charge is 0.0690 e. The second-order valence-corrected chi connectivity index (χ2v) is 6.49. The molecule has 0 aliphatic carbocycles. The number of nitrogens with one attached hydrogen (secondary N) is 1. The fraction of sp³-hybridized carbons (Fsp3) is 0.600. The maximum absolute atomic E-state index is 11.3. The van der Waals surface area contributed by atoms with Crippen LogP contribution in [0.2, 0.25) is 0 Å². The second-order valence-electron chi connectivity index (χ2n) is 5.11. The van der Waals surface area contributed by atoms with Gasteiger partial charge in [-0.25, -0.2) is 0 Å². The van der Waals surface area contributed by atoms with Crippen LogP contribution in [0.5, 0.6) is 0 Å². The molecule has 0 aliphatic rings. The van der Waals surface area contributed by atoms with Crippen molar-refractivity contribution >= 4 is 10.8 Å². The molecular weight excluding hydrogens is 258 g/mol. The summed E-state index contributed by atoms with van der Waals surface area (Å²) in [5.41, 5.74) is 1.14. The van der Waals surface area contributed by atoms with E-state index in [2.05, 4.69) is 26.1 Å². The van der Waals surface area contributed by atoms with Crippen LogP contribution in [0, 0.1) is 5.92 Å². The average molecular weight is 283 g/mol. The molecule has 0 amide bonds. The molecule has 0 saturated carbocycles. The molecule has 3 nitrogen and oxygen atoms in total. The topological polar surface area (TPSA) is 49.3 Å². The van der Waals surface area contributed by atoms with Gasteiger partial charge in [0.1, 0.15) is 0 Å². The first-order valence-electron chi connectivity index (χ1n) is 6.80. The predicted molar refractivity (Wildman–Crippen MR) is 80.7 cm³/mol. The van der Waals surface area contributed by atoms with E-state index in [4.69, 9.17) is 0 Å². The molecule has 2 N–H and O–H groups in total. The van der Waals surface area contributed by atoms with E-state index in [1.807, 2.05) is 24.3 Å². The number of aliphatic hydroxyl groups excluding tert-OH is 1. The lowest BCUT2D eigenvalue weighted by molar-refractivity contribution is 0.110. The Bertz CT molecular complexity index is 405. The lowest BCUT2D eigenvalue weighted by Gasteiger charge is -2.21. The Morgan fingerprint density at radius 1 is 1.26 bits per heavy atom. The van der Waals surface area contributed by atoms with Gasteiger partial charge in [0.05, 0.1) is 6.10 Å². The van der Waals surface area contributed by atoms with E-state index in [9.17, 15) is 9.32 Å². The molecule has 4 heteroatoms. The molecule has 0 heterocycles. The van der Waals surface area contributed by atoms with Crippen molar-refractivity contribution in [1.82, 2.24) is 5.32 Å². The lowest BCUT2D eigenvalue weighted by atomic mass is 10.0.